The summed E-state index contributed by atoms with van der Waals surface area (Å²) < 4.78 is 1.36. The van der Waals surface area contributed by atoms with Gasteiger partial charge in [-0.3, -0.25) is 14.3 Å². The standard InChI is InChI=1S/C14H22N2O3/c1-3-11-12(17)15-14(19)16(13(11)18)9(2)10-7-5-4-6-8-10/h9-10,18H,3-8H2,1-2H3,(H,15,17,19). The number of aromatic hydroxyl groups is 1. The largest absolute Gasteiger partial charge is 0.494 e. The number of aromatic nitrogens is 2. The zero-order valence-electron chi connectivity index (χ0n) is 11.6. The maximum atomic E-state index is 12.0. The summed E-state index contributed by atoms with van der Waals surface area (Å²) in [5.74, 6) is 0.238. The van der Waals surface area contributed by atoms with Gasteiger partial charge in [-0.15, -0.1) is 0 Å². The normalized spacial score (nSPS) is 18.4. The fourth-order valence-electron chi connectivity index (χ4n) is 3.10. The summed E-state index contributed by atoms with van der Waals surface area (Å²) in [6.45, 7) is 3.75. The summed E-state index contributed by atoms with van der Waals surface area (Å²) in [7, 11) is 0. The van der Waals surface area contributed by atoms with Crippen LogP contribution in [0, 0.1) is 5.92 Å². The third-order valence-electron chi connectivity index (χ3n) is 4.30. The SMILES string of the molecule is CCc1c(O)n(C(C)C2CCCCC2)c(=O)[nH]c1=O. The topological polar surface area (TPSA) is 75.1 Å². The van der Waals surface area contributed by atoms with E-state index in [1.54, 1.807) is 6.92 Å². The lowest BCUT2D eigenvalue weighted by Gasteiger charge is -2.29. The summed E-state index contributed by atoms with van der Waals surface area (Å²) in [6, 6.07) is -0.0741. The molecule has 1 fully saturated rings. The lowest BCUT2D eigenvalue weighted by atomic mass is 9.84. The predicted octanol–water partition coefficient (Wildman–Crippen LogP) is 1.95. The van der Waals surface area contributed by atoms with Crippen molar-refractivity contribution in [2.75, 3.05) is 0 Å². The van der Waals surface area contributed by atoms with Crippen molar-refractivity contribution in [3.63, 3.8) is 0 Å². The maximum Gasteiger partial charge on any atom is 0.331 e. The Morgan fingerprint density at radius 2 is 1.95 bits per heavy atom. The second-order valence-corrected chi connectivity index (χ2v) is 5.42. The molecule has 0 aromatic carbocycles. The predicted molar refractivity (Wildman–Crippen MR) is 73.7 cm³/mol. The maximum absolute atomic E-state index is 12.0. The molecule has 1 unspecified atom stereocenters. The van der Waals surface area contributed by atoms with Crippen molar-refractivity contribution < 1.29 is 5.11 Å². The molecule has 1 aliphatic carbocycles. The minimum absolute atomic E-state index is 0.0741. The van der Waals surface area contributed by atoms with Crippen LogP contribution in [-0.2, 0) is 6.42 Å². The average molecular weight is 266 g/mol. The number of nitrogens with zero attached hydrogens (tertiary/aromatic N) is 1. The molecule has 5 heteroatoms. The Morgan fingerprint density at radius 3 is 2.53 bits per heavy atom. The fourth-order valence-corrected chi connectivity index (χ4v) is 3.10. The molecule has 19 heavy (non-hydrogen) atoms. The second-order valence-electron chi connectivity index (χ2n) is 5.42. The minimum atomic E-state index is -0.502. The Kier molecular flexibility index (Phi) is 4.12. The van der Waals surface area contributed by atoms with Crippen molar-refractivity contribution in [1.82, 2.24) is 9.55 Å². The van der Waals surface area contributed by atoms with E-state index in [1.165, 1.54) is 23.8 Å². The van der Waals surface area contributed by atoms with Gasteiger partial charge in [0.05, 0.1) is 5.56 Å². The molecule has 2 N–H and O–H groups in total. The zero-order valence-corrected chi connectivity index (χ0v) is 11.6. The molecule has 0 aliphatic heterocycles. The molecule has 1 saturated carbocycles. The molecule has 2 rings (SSSR count). The third kappa shape index (κ3) is 2.60. The van der Waals surface area contributed by atoms with E-state index in [0.29, 0.717) is 17.9 Å². The number of nitrogens with one attached hydrogen (secondary N) is 1. The average Bonchev–Trinajstić information content (AvgIpc) is 2.39. The van der Waals surface area contributed by atoms with Crippen LogP contribution in [-0.4, -0.2) is 14.7 Å². The monoisotopic (exact) mass is 266 g/mol. The molecule has 5 nitrogen and oxygen atoms in total. The first-order valence-corrected chi connectivity index (χ1v) is 7.13. The van der Waals surface area contributed by atoms with Gasteiger partial charge >= 0.3 is 5.69 Å². The minimum Gasteiger partial charge on any atom is -0.494 e. The van der Waals surface area contributed by atoms with E-state index >= 15 is 0 Å². The number of rotatable bonds is 3. The van der Waals surface area contributed by atoms with Crippen molar-refractivity contribution >= 4 is 0 Å². The van der Waals surface area contributed by atoms with Crippen LogP contribution in [0.25, 0.3) is 0 Å². The van der Waals surface area contributed by atoms with Crippen LogP contribution in [0.4, 0.5) is 0 Å². The lowest BCUT2D eigenvalue weighted by molar-refractivity contribution is 0.238. The van der Waals surface area contributed by atoms with Gasteiger partial charge in [0.2, 0.25) is 5.88 Å². The smallest absolute Gasteiger partial charge is 0.331 e. The first-order chi connectivity index (χ1) is 9.06. The van der Waals surface area contributed by atoms with Gasteiger partial charge in [0.1, 0.15) is 0 Å². The molecule has 0 amide bonds. The molecule has 1 atom stereocenters. The van der Waals surface area contributed by atoms with Crippen LogP contribution in [0.1, 0.15) is 57.6 Å². The fraction of sp³-hybridized carbons (Fsp3) is 0.714. The van der Waals surface area contributed by atoms with Crippen molar-refractivity contribution in [3.05, 3.63) is 26.4 Å². The lowest BCUT2D eigenvalue weighted by Crippen LogP contribution is -2.36. The van der Waals surface area contributed by atoms with Gasteiger partial charge in [-0.25, -0.2) is 4.79 Å². The van der Waals surface area contributed by atoms with Crippen LogP contribution in [0.15, 0.2) is 9.59 Å². The van der Waals surface area contributed by atoms with Crippen LogP contribution in [0.5, 0.6) is 5.88 Å². The molecule has 1 aliphatic rings. The summed E-state index contributed by atoms with van der Waals surface area (Å²) in [4.78, 5) is 25.9. The van der Waals surface area contributed by atoms with Gasteiger partial charge in [-0.2, -0.15) is 0 Å². The first-order valence-electron chi connectivity index (χ1n) is 7.13. The summed E-state index contributed by atoms with van der Waals surface area (Å²) in [6.07, 6.45) is 6.17. The van der Waals surface area contributed by atoms with Gasteiger partial charge in [0, 0.05) is 6.04 Å². The van der Waals surface area contributed by atoms with E-state index in [-0.39, 0.29) is 11.9 Å². The van der Waals surface area contributed by atoms with E-state index in [1.807, 2.05) is 6.92 Å². The van der Waals surface area contributed by atoms with E-state index < -0.39 is 11.2 Å². The molecule has 0 saturated heterocycles. The Bertz CT molecular complexity index is 553. The molecular weight excluding hydrogens is 244 g/mol. The van der Waals surface area contributed by atoms with Gasteiger partial charge in [0.25, 0.3) is 5.56 Å². The molecule has 0 radical (unpaired) electrons. The Hall–Kier alpha value is -1.52. The summed E-state index contributed by atoms with van der Waals surface area (Å²) >= 11 is 0. The summed E-state index contributed by atoms with van der Waals surface area (Å²) in [5.41, 5.74) is -0.683. The number of H-pyrrole nitrogens is 1. The van der Waals surface area contributed by atoms with Gasteiger partial charge in [-0.05, 0) is 32.1 Å². The van der Waals surface area contributed by atoms with Crippen molar-refractivity contribution in [2.24, 2.45) is 5.92 Å². The van der Waals surface area contributed by atoms with Crippen LogP contribution >= 0.6 is 0 Å². The highest BCUT2D eigenvalue weighted by Gasteiger charge is 2.25. The first kappa shape index (κ1) is 13.9. The third-order valence-corrected chi connectivity index (χ3v) is 4.30. The molecule has 0 bridgehead atoms. The van der Waals surface area contributed by atoms with Crippen LogP contribution in [0.3, 0.4) is 0 Å². The van der Waals surface area contributed by atoms with Gasteiger partial charge < -0.3 is 5.11 Å². The number of hydrogen-bond acceptors (Lipinski definition) is 3. The van der Waals surface area contributed by atoms with E-state index in [0.717, 1.165) is 12.8 Å². The number of aromatic amines is 1. The highest BCUT2D eigenvalue weighted by molar-refractivity contribution is 5.23. The van der Waals surface area contributed by atoms with Crippen molar-refractivity contribution in [3.8, 4) is 5.88 Å². The van der Waals surface area contributed by atoms with Crippen molar-refractivity contribution in [2.45, 2.75) is 58.4 Å². The molecule has 0 spiro atoms. The van der Waals surface area contributed by atoms with E-state index in [9.17, 15) is 14.7 Å². The quantitative estimate of drug-likeness (QED) is 0.878. The molecule has 106 valence electrons. The Morgan fingerprint density at radius 1 is 1.32 bits per heavy atom. The Labute approximate surface area is 112 Å². The van der Waals surface area contributed by atoms with E-state index in [4.69, 9.17) is 0 Å². The molecule has 1 aromatic rings. The van der Waals surface area contributed by atoms with E-state index in [2.05, 4.69) is 4.98 Å². The van der Waals surface area contributed by atoms with Gasteiger partial charge in [-0.1, -0.05) is 26.2 Å². The Balaban J connectivity index is 2.43. The van der Waals surface area contributed by atoms with Crippen molar-refractivity contribution in [1.29, 1.82) is 0 Å². The van der Waals surface area contributed by atoms with Crippen LogP contribution in [0.2, 0.25) is 0 Å². The van der Waals surface area contributed by atoms with Crippen LogP contribution < -0.4 is 11.2 Å². The zero-order chi connectivity index (χ0) is 14.0. The number of hydrogen-bond donors (Lipinski definition) is 2. The molecule has 1 aromatic heterocycles. The summed E-state index contributed by atoms with van der Waals surface area (Å²) in [5, 5.41) is 10.2. The van der Waals surface area contributed by atoms with Gasteiger partial charge in [0.15, 0.2) is 0 Å². The molecular formula is C14H22N2O3. The highest BCUT2D eigenvalue weighted by Crippen LogP contribution is 2.33. The highest BCUT2D eigenvalue weighted by atomic mass is 16.3. The molecule has 1 heterocycles. The second kappa shape index (κ2) is 5.63.